The number of rotatable bonds is 2. The van der Waals surface area contributed by atoms with Crippen LogP contribution in [0.5, 0.6) is 0 Å². The Labute approximate surface area is 127 Å². The molecule has 102 valence electrons. The van der Waals surface area contributed by atoms with Crippen LogP contribution in [-0.4, -0.2) is 16.2 Å². The maximum absolute atomic E-state index is 14.3. The Hall–Kier alpha value is -1.65. The first-order chi connectivity index (χ1) is 9.49. The number of H-pyrrole nitrogens is 1. The fourth-order valence-corrected chi connectivity index (χ4v) is 2.38. The molecule has 0 unspecified atom stereocenters. The molecule has 0 saturated carbocycles. The van der Waals surface area contributed by atoms with Crippen molar-refractivity contribution in [3.8, 4) is 17.3 Å². The van der Waals surface area contributed by atoms with E-state index < -0.39 is 11.4 Å². The van der Waals surface area contributed by atoms with Crippen molar-refractivity contribution >= 4 is 27.7 Å². The van der Waals surface area contributed by atoms with Gasteiger partial charge in [0.15, 0.2) is 5.16 Å². The predicted molar refractivity (Wildman–Crippen MR) is 79.2 cm³/mol. The number of aromatic nitrogens is 2. The lowest BCUT2D eigenvalue weighted by Gasteiger charge is -2.09. The topological polar surface area (TPSA) is 69.5 Å². The van der Waals surface area contributed by atoms with Crippen LogP contribution in [0.15, 0.2) is 26.6 Å². The molecule has 0 atom stereocenters. The molecule has 4 nitrogen and oxygen atoms in total. The van der Waals surface area contributed by atoms with E-state index in [2.05, 4.69) is 25.9 Å². The molecule has 0 aliphatic carbocycles. The molecule has 0 fully saturated rings. The van der Waals surface area contributed by atoms with Crippen molar-refractivity contribution in [1.29, 1.82) is 5.26 Å². The zero-order valence-electron chi connectivity index (χ0n) is 10.6. The number of benzene rings is 1. The van der Waals surface area contributed by atoms with Gasteiger partial charge in [0.1, 0.15) is 17.4 Å². The first-order valence-electron chi connectivity index (χ1n) is 5.53. The molecule has 0 amide bonds. The molecule has 1 N–H and O–H groups in total. The minimum absolute atomic E-state index is 0.0636. The molecule has 0 radical (unpaired) electrons. The standard InChI is InChI=1S/C13H9BrFN3OS/c1-6-9(14)4-3-7(10(6)15)11-8(5-16)12(19)18-13(17-11)20-2/h3-4H,1-2H3,(H,17,18,19). The lowest BCUT2D eigenvalue weighted by molar-refractivity contribution is 0.619. The molecule has 0 spiro atoms. The third-order valence-corrected chi connectivity index (χ3v) is 4.22. The Kier molecular flexibility index (Phi) is 4.26. The van der Waals surface area contributed by atoms with Crippen LogP contribution in [-0.2, 0) is 0 Å². The molecule has 0 aliphatic rings. The number of nitrogens with zero attached hydrogens (tertiary/aromatic N) is 2. The quantitative estimate of drug-likeness (QED) is 0.664. The van der Waals surface area contributed by atoms with Crippen molar-refractivity contribution in [2.75, 3.05) is 6.26 Å². The van der Waals surface area contributed by atoms with Crippen molar-refractivity contribution in [3.05, 3.63) is 43.9 Å². The Morgan fingerprint density at radius 2 is 2.20 bits per heavy atom. The van der Waals surface area contributed by atoms with Crippen LogP contribution in [0.3, 0.4) is 0 Å². The van der Waals surface area contributed by atoms with Crippen molar-refractivity contribution in [2.45, 2.75) is 12.1 Å². The van der Waals surface area contributed by atoms with Crippen molar-refractivity contribution in [1.82, 2.24) is 9.97 Å². The van der Waals surface area contributed by atoms with E-state index in [1.807, 2.05) is 0 Å². The summed E-state index contributed by atoms with van der Waals surface area (Å²) in [6.45, 7) is 1.61. The van der Waals surface area contributed by atoms with E-state index in [1.54, 1.807) is 25.3 Å². The predicted octanol–water partition coefficient (Wildman–Crippen LogP) is 3.24. The molecule has 1 heterocycles. The molecule has 0 bridgehead atoms. The van der Waals surface area contributed by atoms with Crippen LogP contribution >= 0.6 is 27.7 Å². The van der Waals surface area contributed by atoms with Gasteiger partial charge in [-0.15, -0.1) is 0 Å². The fourth-order valence-electron chi connectivity index (χ4n) is 1.69. The summed E-state index contributed by atoms with van der Waals surface area (Å²) >= 11 is 4.45. The SMILES string of the molecule is CSc1nc(-c2ccc(Br)c(C)c2F)c(C#N)c(=O)[nH]1. The van der Waals surface area contributed by atoms with E-state index in [-0.39, 0.29) is 16.8 Å². The highest BCUT2D eigenvalue weighted by molar-refractivity contribution is 9.10. The third kappa shape index (κ3) is 2.49. The van der Waals surface area contributed by atoms with E-state index in [9.17, 15) is 9.18 Å². The zero-order valence-corrected chi connectivity index (χ0v) is 13.0. The molecule has 1 aromatic heterocycles. The number of nitrogens with one attached hydrogen (secondary N) is 1. The van der Waals surface area contributed by atoms with Crippen molar-refractivity contribution in [3.63, 3.8) is 0 Å². The van der Waals surface area contributed by atoms with E-state index in [0.717, 1.165) is 0 Å². The molecule has 1 aromatic carbocycles. The summed E-state index contributed by atoms with van der Waals surface area (Å²) in [6.07, 6.45) is 1.73. The zero-order chi connectivity index (χ0) is 14.9. The minimum atomic E-state index is -0.568. The number of aromatic amines is 1. The Morgan fingerprint density at radius 3 is 2.80 bits per heavy atom. The summed E-state index contributed by atoms with van der Waals surface area (Å²) in [5.41, 5.74) is -0.151. The summed E-state index contributed by atoms with van der Waals surface area (Å²) in [6, 6.07) is 4.94. The maximum atomic E-state index is 14.3. The van der Waals surface area contributed by atoms with Crippen LogP contribution in [0.25, 0.3) is 11.3 Å². The van der Waals surface area contributed by atoms with Crippen LogP contribution in [0.4, 0.5) is 4.39 Å². The highest BCUT2D eigenvalue weighted by atomic mass is 79.9. The van der Waals surface area contributed by atoms with Gasteiger partial charge in [0.25, 0.3) is 5.56 Å². The molecular weight excluding hydrogens is 345 g/mol. The Bertz CT molecular complexity index is 782. The number of halogens is 2. The number of thioether (sulfide) groups is 1. The van der Waals surface area contributed by atoms with E-state index in [0.29, 0.717) is 15.2 Å². The summed E-state index contributed by atoms with van der Waals surface area (Å²) in [5, 5.41) is 9.43. The average Bonchev–Trinajstić information content (AvgIpc) is 2.44. The van der Waals surface area contributed by atoms with Gasteiger partial charge in [-0.1, -0.05) is 27.7 Å². The summed E-state index contributed by atoms with van der Waals surface area (Å²) in [4.78, 5) is 18.5. The van der Waals surface area contributed by atoms with E-state index in [4.69, 9.17) is 5.26 Å². The van der Waals surface area contributed by atoms with Crippen molar-refractivity contribution in [2.24, 2.45) is 0 Å². The first-order valence-corrected chi connectivity index (χ1v) is 7.54. The first kappa shape index (κ1) is 14.8. The molecule has 20 heavy (non-hydrogen) atoms. The highest BCUT2D eigenvalue weighted by Gasteiger charge is 2.18. The molecule has 2 rings (SSSR count). The third-order valence-electron chi connectivity index (χ3n) is 2.78. The van der Waals surface area contributed by atoms with Gasteiger partial charge in [-0.05, 0) is 30.9 Å². The van der Waals surface area contributed by atoms with Gasteiger partial charge in [0.2, 0.25) is 0 Å². The highest BCUT2D eigenvalue weighted by Crippen LogP contribution is 2.29. The van der Waals surface area contributed by atoms with Gasteiger partial charge in [-0.2, -0.15) is 5.26 Å². The van der Waals surface area contributed by atoms with Gasteiger partial charge in [-0.25, -0.2) is 9.37 Å². The normalized spacial score (nSPS) is 10.3. The minimum Gasteiger partial charge on any atom is -0.300 e. The fraction of sp³-hybridized carbons (Fsp3) is 0.154. The summed E-state index contributed by atoms with van der Waals surface area (Å²) < 4.78 is 15.0. The second kappa shape index (κ2) is 5.77. The second-order valence-electron chi connectivity index (χ2n) is 3.94. The molecule has 0 saturated heterocycles. The van der Waals surface area contributed by atoms with Crippen LogP contribution in [0.1, 0.15) is 11.1 Å². The molecule has 2 aromatic rings. The van der Waals surface area contributed by atoms with Gasteiger partial charge in [0, 0.05) is 10.0 Å². The Morgan fingerprint density at radius 1 is 1.50 bits per heavy atom. The van der Waals surface area contributed by atoms with Crippen molar-refractivity contribution < 1.29 is 4.39 Å². The van der Waals surface area contributed by atoms with Gasteiger partial charge < -0.3 is 4.98 Å². The number of nitriles is 1. The Balaban J connectivity index is 2.82. The maximum Gasteiger partial charge on any atom is 0.270 e. The van der Waals surface area contributed by atoms with Gasteiger partial charge in [0.05, 0.1) is 5.69 Å². The molecule has 7 heteroatoms. The summed E-state index contributed by atoms with van der Waals surface area (Å²) in [7, 11) is 0. The second-order valence-corrected chi connectivity index (χ2v) is 5.59. The molecular formula is C13H9BrFN3OS. The number of hydrogen-bond donors (Lipinski definition) is 1. The lowest BCUT2D eigenvalue weighted by atomic mass is 10.0. The van der Waals surface area contributed by atoms with Crippen LogP contribution in [0, 0.1) is 24.1 Å². The largest absolute Gasteiger partial charge is 0.300 e. The van der Waals surface area contributed by atoms with E-state index in [1.165, 1.54) is 17.8 Å². The van der Waals surface area contributed by atoms with Gasteiger partial charge >= 0.3 is 0 Å². The van der Waals surface area contributed by atoms with E-state index >= 15 is 0 Å². The van der Waals surface area contributed by atoms with Crippen LogP contribution in [0.2, 0.25) is 0 Å². The smallest absolute Gasteiger partial charge is 0.270 e. The van der Waals surface area contributed by atoms with Crippen LogP contribution < -0.4 is 5.56 Å². The molecule has 0 aliphatic heterocycles. The number of hydrogen-bond acceptors (Lipinski definition) is 4. The van der Waals surface area contributed by atoms with Gasteiger partial charge in [-0.3, -0.25) is 4.79 Å². The lowest BCUT2D eigenvalue weighted by Crippen LogP contribution is -2.15. The summed E-state index contributed by atoms with van der Waals surface area (Å²) in [5.74, 6) is -0.499. The monoisotopic (exact) mass is 353 g/mol. The average molecular weight is 354 g/mol.